The van der Waals surface area contributed by atoms with Gasteiger partial charge in [0.25, 0.3) is 5.91 Å². The molecule has 0 spiro atoms. The molecule has 1 aliphatic heterocycles. The SMILES string of the molecule is CCOC(=O)N1CCN(c2cc(C(=O)Nc3ccc(C(C)C)cc3)ncn2)CC1. The molecule has 0 unspecified atom stereocenters. The lowest BCUT2D eigenvalue weighted by atomic mass is 10.0. The molecule has 8 heteroatoms. The average molecular weight is 397 g/mol. The van der Waals surface area contributed by atoms with Crippen LogP contribution in [0.5, 0.6) is 0 Å². The van der Waals surface area contributed by atoms with Crippen molar-refractivity contribution in [3.05, 3.63) is 47.9 Å². The quantitative estimate of drug-likeness (QED) is 0.834. The average Bonchev–Trinajstić information content (AvgIpc) is 2.74. The second-order valence-corrected chi connectivity index (χ2v) is 7.17. The molecule has 1 aromatic heterocycles. The molecule has 29 heavy (non-hydrogen) atoms. The Morgan fingerprint density at radius 2 is 1.79 bits per heavy atom. The number of aromatic nitrogens is 2. The van der Waals surface area contributed by atoms with Gasteiger partial charge >= 0.3 is 6.09 Å². The highest BCUT2D eigenvalue weighted by atomic mass is 16.6. The smallest absolute Gasteiger partial charge is 0.409 e. The molecule has 0 saturated carbocycles. The van der Waals surface area contributed by atoms with Crippen molar-refractivity contribution in [2.75, 3.05) is 43.0 Å². The minimum Gasteiger partial charge on any atom is -0.450 e. The summed E-state index contributed by atoms with van der Waals surface area (Å²) in [5, 5.41) is 2.87. The number of nitrogens with zero attached hydrogens (tertiary/aromatic N) is 4. The lowest BCUT2D eigenvalue weighted by Gasteiger charge is -2.34. The zero-order valence-electron chi connectivity index (χ0n) is 17.1. The van der Waals surface area contributed by atoms with E-state index in [0.717, 1.165) is 5.69 Å². The van der Waals surface area contributed by atoms with Crippen molar-refractivity contribution in [3.8, 4) is 0 Å². The Morgan fingerprint density at radius 3 is 2.41 bits per heavy atom. The summed E-state index contributed by atoms with van der Waals surface area (Å²) < 4.78 is 5.04. The number of hydrogen-bond donors (Lipinski definition) is 1. The van der Waals surface area contributed by atoms with Gasteiger partial charge in [0.15, 0.2) is 0 Å². The Kier molecular flexibility index (Phi) is 6.64. The van der Waals surface area contributed by atoms with Gasteiger partial charge in [0, 0.05) is 37.9 Å². The number of nitrogens with one attached hydrogen (secondary N) is 1. The van der Waals surface area contributed by atoms with E-state index >= 15 is 0 Å². The standard InChI is InChI=1S/C21H27N5O3/c1-4-29-21(28)26-11-9-25(10-12-26)19-13-18(22-14-23-19)20(27)24-17-7-5-16(6-8-17)15(2)3/h5-8,13-15H,4,9-12H2,1-3H3,(H,24,27). The summed E-state index contributed by atoms with van der Waals surface area (Å²) in [7, 11) is 0. The van der Waals surface area contributed by atoms with Gasteiger partial charge < -0.3 is 19.9 Å². The van der Waals surface area contributed by atoms with E-state index in [4.69, 9.17) is 4.74 Å². The van der Waals surface area contributed by atoms with Crippen LogP contribution in [0.4, 0.5) is 16.3 Å². The minimum atomic E-state index is -0.293. The van der Waals surface area contributed by atoms with Crippen molar-refractivity contribution in [3.63, 3.8) is 0 Å². The van der Waals surface area contributed by atoms with Gasteiger partial charge in [0.05, 0.1) is 6.61 Å². The number of anilines is 2. The van der Waals surface area contributed by atoms with Crippen molar-refractivity contribution >= 4 is 23.5 Å². The van der Waals surface area contributed by atoms with Gasteiger partial charge in [-0.2, -0.15) is 0 Å². The maximum Gasteiger partial charge on any atom is 0.409 e. The molecule has 2 heterocycles. The number of rotatable bonds is 5. The lowest BCUT2D eigenvalue weighted by molar-refractivity contribution is 0.102. The lowest BCUT2D eigenvalue weighted by Crippen LogP contribution is -2.49. The van der Waals surface area contributed by atoms with Crippen LogP contribution < -0.4 is 10.2 Å². The Morgan fingerprint density at radius 1 is 1.10 bits per heavy atom. The fourth-order valence-electron chi connectivity index (χ4n) is 3.12. The highest BCUT2D eigenvalue weighted by Gasteiger charge is 2.23. The van der Waals surface area contributed by atoms with Crippen LogP contribution in [0, 0.1) is 0 Å². The van der Waals surface area contributed by atoms with E-state index in [0.29, 0.717) is 50.2 Å². The Bertz CT molecular complexity index is 846. The number of carbonyl (C=O) groups excluding carboxylic acids is 2. The summed E-state index contributed by atoms with van der Waals surface area (Å²) in [5.74, 6) is 0.827. The fourth-order valence-corrected chi connectivity index (χ4v) is 3.12. The Balaban J connectivity index is 1.62. The Labute approximate surface area is 170 Å². The van der Waals surface area contributed by atoms with E-state index in [1.165, 1.54) is 11.9 Å². The molecule has 0 radical (unpaired) electrons. The number of carbonyl (C=O) groups is 2. The van der Waals surface area contributed by atoms with Crippen LogP contribution in [0.1, 0.15) is 42.7 Å². The van der Waals surface area contributed by atoms with Gasteiger partial charge in [0.2, 0.25) is 0 Å². The van der Waals surface area contributed by atoms with Gasteiger partial charge in [-0.05, 0) is 30.5 Å². The Hall–Kier alpha value is -3.16. The summed E-state index contributed by atoms with van der Waals surface area (Å²) in [4.78, 5) is 36.5. The highest BCUT2D eigenvalue weighted by molar-refractivity contribution is 6.03. The van der Waals surface area contributed by atoms with Gasteiger partial charge in [0.1, 0.15) is 17.8 Å². The van der Waals surface area contributed by atoms with Crippen molar-refractivity contribution in [2.24, 2.45) is 0 Å². The van der Waals surface area contributed by atoms with E-state index in [-0.39, 0.29) is 12.0 Å². The molecule has 154 valence electrons. The monoisotopic (exact) mass is 397 g/mol. The van der Waals surface area contributed by atoms with Gasteiger partial charge in [-0.25, -0.2) is 14.8 Å². The van der Waals surface area contributed by atoms with Gasteiger partial charge in [-0.15, -0.1) is 0 Å². The van der Waals surface area contributed by atoms with Crippen LogP contribution in [0.15, 0.2) is 36.7 Å². The van der Waals surface area contributed by atoms with Crippen LogP contribution in [0.25, 0.3) is 0 Å². The zero-order chi connectivity index (χ0) is 20.8. The molecule has 1 N–H and O–H groups in total. The predicted molar refractivity (Wildman–Crippen MR) is 111 cm³/mol. The van der Waals surface area contributed by atoms with Crippen LogP contribution in [0.2, 0.25) is 0 Å². The zero-order valence-corrected chi connectivity index (χ0v) is 17.1. The topological polar surface area (TPSA) is 87.7 Å². The summed E-state index contributed by atoms with van der Waals surface area (Å²) in [6, 6.07) is 9.48. The summed E-state index contributed by atoms with van der Waals surface area (Å²) in [6.07, 6.45) is 1.10. The first-order chi connectivity index (χ1) is 14.0. The van der Waals surface area contributed by atoms with Crippen molar-refractivity contribution in [1.82, 2.24) is 14.9 Å². The third kappa shape index (κ3) is 5.22. The van der Waals surface area contributed by atoms with E-state index in [2.05, 4.69) is 29.1 Å². The first-order valence-electron chi connectivity index (χ1n) is 9.88. The first-order valence-corrected chi connectivity index (χ1v) is 9.88. The summed E-state index contributed by atoms with van der Waals surface area (Å²) >= 11 is 0. The maximum absolute atomic E-state index is 12.6. The van der Waals surface area contributed by atoms with Crippen LogP contribution >= 0.6 is 0 Å². The van der Waals surface area contributed by atoms with Gasteiger partial charge in [-0.1, -0.05) is 26.0 Å². The van der Waals surface area contributed by atoms with E-state index in [9.17, 15) is 9.59 Å². The molecule has 1 aromatic carbocycles. The van der Waals surface area contributed by atoms with E-state index in [1.54, 1.807) is 17.9 Å². The van der Waals surface area contributed by atoms with E-state index in [1.807, 2.05) is 29.2 Å². The molecule has 8 nitrogen and oxygen atoms in total. The second-order valence-electron chi connectivity index (χ2n) is 7.17. The number of benzene rings is 1. The normalized spacial score (nSPS) is 14.1. The van der Waals surface area contributed by atoms with Gasteiger partial charge in [-0.3, -0.25) is 4.79 Å². The highest BCUT2D eigenvalue weighted by Crippen LogP contribution is 2.19. The first kappa shape index (κ1) is 20.6. The fraction of sp³-hybridized carbons (Fsp3) is 0.429. The molecular formula is C21H27N5O3. The van der Waals surface area contributed by atoms with Crippen LogP contribution in [-0.4, -0.2) is 59.7 Å². The molecule has 0 bridgehead atoms. The van der Waals surface area contributed by atoms with Crippen molar-refractivity contribution in [2.45, 2.75) is 26.7 Å². The third-order valence-corrected chi connectivity index (χ3v) is 4.85. The summed E-state index contributed by atoms with van der Waals surface area (Å²) in [6.45, 7) is 8.75. The molecular weight excluding hydrogens is 370 g/mol. The van der Waals surface area contributed by atoms with Crippen molar-refractivity contribution < 1.29 is 14.3 Å². The molecule has 1 fully saturated rings. The summed E-state index contributed by atoms with van der Waals surface area (Å²) in [5.41, 5.74) is 2.24. The second kappa shape index (κ2) is 9.36. The molecule has 2 aromatic rings. The third-order valence-electron chi connectivity index (χ3n) is 4.85. The molecule has 3 rings (SSSR count). The van der Waals surface area contributed by atoms with Crippen LogP contribution in [0.3, 0.4) is 0 Å². The maximum atomic E-state index is 12.6. The van der Waals surface area contributed by atoms with E-state index < -0.39 is 0 Å². The minimum absolute atomic E-state index is 0.281. The largest absolute Gasteiger partial charge is 0.450 e. The number of hydrogen-bond acceptors (Lipinski definition) is 6. The van der Waals surface area contributed by atoms with Crippen molar-refractivity contribution in [1.29, 1.82) is 0 Å². The molecule has 0 atom stereocenters. The molecule has 2 amide bonds. The molecule has 1 saturated heterocycles. The molecule has 1 aliphatic rings. The molecule has 0 aliphatic carbocycles. The number of piperazine rings is 1. The number of amides is 2. The van der Waals surface area contributed by atoms with Crippen LogP contribution in [-0.2, 0) is 4.74 Å². The number of ether oxygens (including phenoxy) is 1. The predicted octanol–water partition coefficient (Wildman–Crippen LogP) is 3.13.